The highest BCUT2D eigenvalue weighted by Crippen LogP contribution is 2.22. The van der Waals surface area contributed by atoms with Gasteiger partial charge in [0.1, 0.15) is 23.8 Å². The van der Waals surface area contributed by atoms with Gasteiger partial charge in [-0.15, -0.1) is 0 Å². The lowest BCUT2D eigenvalue weighted by atomic mass is 10.1. The Morgan fingerprint density at radius 2 is 2.21 bits per heavy atom. The predicted octanol–water partition coefficient (Wildman–Crippen LogP) is 1.52. The standard InChI is InChI=1S/C16H21N5O3/c1-9(2)10-6-11(20-16(17)19-10)15(22)21-5-4-13-12(7-21)18-14(24-13)8-23-3/h6,9H,4-5,7-8H2,1-3H3,(H2,17,19,20). The number of nitrogen functional groups attached to an aromatic ring is 1. The molecule has 1 amide bonds. The first-order chi connectivity index (χ1) is 11.5. The van der Waals surface area contributed by atoms with E-state index in [2.05, 4.69) is 15.0 Å². The smallest absolute Gasteiger partial charge is 0.273 e. The van der Waals surface area contributed by atoms with E-state index in [1.165, 1.54) is 0 Å². The number of rotatable bonds is 4. The fourth-order valence-corrected chi connectivity index (χ4v) is 2.66. The molecule has 2 N–H and O–H groups in total. The Bertz CT molecular complexity index is 756. The van der Waals surface area contributed by atoms with E-state index >= 15 is 0 Å². The number of oxazole rings is 1. The summed E-state index contributed by atoms with van der Waals surface area (Å²) < 4.78 is 10.7. The zero-order valence-electron chi connectivity index (χ0n) is 14.1. The monoisotopic (exact) mass is 331 g/mol. The van der Waals surface area contributed by atoms with Crippen LogP contribution in [0.1, 0.15) is 53.3 Å². The van der Waals surface area contributed by atoms with Gasteiger partial charge >= 0.3 is 0 Å². The molecular formula is C16H21N5O3. The average molecular weight is 331 g/mol. The third-order valence-corrected chi connectivity index (χ3v) is 3.90. The van der Waals surface area contributed by atoms with Crippen molar-refractivity contribution in [2.75, 3.05) is 19.4 Å². The number of hydrogen-bond donors (Lipinski definition) is 1. The number of carbonyl (C=O) groups excluding carboxylic acids is 1. The number of anilines is 1. The van der Waals surface area contributed by atoms with Gasteiger partial charge in [-0.05, 0) is 12.0 Å². The Kier molecular flexibility index (Phi) is 4.48. The Morgan fingerprint density at radius 3 is 2.92 bits per heavy atom. The van der Waals surface area contributed by atoms with E-state index in [0.717, 1.165) is 17.1 Å². The van der Waals surface area contributed by atoms with Crippen LogP contribution in [-0.2, 0) is 24.3 Å². The van der Waals surface area contributed by atoms with Gasteiger partial charge < -0.3 is 19.8 Å². The van der Waals surface area contributed by atoms with Crippen LogP contribution in [0.4, 0.5) is 5.95 Å². The normalized spacial score (nSPS) is 14.1. The molecule has 3 heterocycles. The van der Waals surface area contributed by atoms with E-state index in [0.29, 0.717) is 37.7 Å². The van der Waals surface area contributed by atoms with Gasteiger partial charge in [0.05, 0.1) is 6.54 Å². The maximum atomic E-state index is 12.8. The Hall–Kier alpha value is -2.48. The van der Waals surface area contributed by atoms with E-state index in [-0.39, 0.29) is 17.8 Å². The number of nitrogens with two attached hydrogens (primary N) is 1. The molecule has 1 aliphatic heterocycles. The summed E-state index contributed by atoms with van der Waals surface area (Å²) in [6, 6.07) is 1.71. The average Bonchev–Trinajstić information content (AvgIpc) is 2.95. The lowest BCUT2D eigenvalue weighted by molar-refractivity contribution is 0.0721. The van der Waals surface area contributed by atoms with E-state index in [4.69, 9.17) is 14.9 Å². The summed E-state index contributed by atoms with van der Waals surface area (Å²) in [6.07, 6.45) is 0.620. The molecule has 2 aromatic rings. The molecule has 2 aromatic heterocycles. The lowest BCUT2D eigenvalue weighted by Crippen LogP contribution is -2.36. The van der Waals surface area contributed by atoms with E-state index < -0.39 is 0 Å². The minimum atomic E-state index is -0.173. The van der Waals surface area contributed by atoms with Gasteiger partial charge in [-0.25, -0.2) is 15.0 Å². The van der Waals surface area contributed by atoms with E-state index in [9.17, 15) is 4.79 Å². The largest absolute Gasteiger partial charge is 0.443 e. The molecule has 0 fully saturated rings. The highest BCUT2D eigenvalue weighted by molar-refractivity contribution is 5.92. The number of ether oxygens (including phenoxy) is 1. The topological polar surface area (TPSA) is 107 Å². The molecule has 8 heteroatoms. The summed E-state index contributed by atoms with van der Waals surface area (Å²) in [5.74, 6) is 1.46. The molecular weight excluding hydrogens is 310 g/mol. The van der Waals surface area contributed by atoms with Crippen molar-refractivity contribution in [3.05, 3.63) is 34.8 Å². The molecule has 24 heavy (non-hydrogen) atoms. The van der Waals surface area contributed by atoms with Gasteiger partial charge in [-0.1, -0.05) is 13.8 Å². The molecule has 1 aliphatic rings. The summed E-state index contributed by atoms with van der Waals surface area (Å²) in [5.41, 5.74) is 7.59. The van der Waals surface area contributed by atoms with Gasteiger partial charge in [0.25, 0.3) is 5.91 Å². The van der Waals surface area contributed by atoms with Crippen molar-refractivity contribution < 1.29 is 13.9 Å². The number of hydrogen-bond acceptors (Lipinski definition) is 7. The molecule has 0 saturated carbocycles. The molecule has 0 unspecified atom stereocenters. The zero-order valence-corrected chi connectivity index (χ0v) is 14.1. The second-order valence-corrected chi connectivity index (χ2v) is 6.08. The number of aromatic nitrogens is 3. The van der Waals surface area contributed by atoms with E-state index in [1.54, 1.807) is 18.1 Å². The summed E-state index contributed by atoms with van der Waals surface area (Å²) in [6.45, 7) is 5.25. The summed E-state index contributed by atoms with van der Waals surface area (Å²) in [4.78, 5) is 27.1. The highest BCUT2D eigenvalue weighted by Gasteiger charge is 2.27. The minimum absolute atomic E-state index is 0.117. The van der Waals surface area contributed by atoms with Crippen LogP contribution < -0.4 is 5.73 Å². The van der Waals surface area contributed by atoms with Crippen LogP contribution in [0.25, 0.3) is 0 Å². The van der Waals surface area contributed by atoms with Crippen molar-refractivity contribution in [1.82, 2.24) is 19.9 Å². The Labute approximate surface area is 140 Å². The van der Waals surface area contributed by atoms with Crippen molar-refractivity contribution in [3.63, 3.8) is 0 Å². The number of amides is 1. The molecule has 128 valence electrons. The van der Waals surface area contributed by atoms with Gasteiger partial charge in [0, 0.05) is 25.8 Å². The van der Waals surface area contributed by atoms with Crippen LogP contribution in [0.5, 0.6) is 0 Å². The van der Waals surface area contributed by atoms with Gasteiger partial charge in [-0.3, -0.25) is 4.79 Å². The third kappa shape index (κ3) is 3.23. The zero-order chi connectivity index (χ0) is 17.3. The Balaban J connectivity index is 1.81. The van der Waals surface area contributed by atoms with Crippen LogP contribution in [0.3, 0.4) is 0 Å². The molecule has 0 radical (unpaired) electrons. The molecule has 0 aliphatic carbocycles. The highest BCUT2D eigenvalue weighted by atomic mass is 16.5. The first-order valence-electron chi connectivity index (χ1n) is 7.88. The van der Waals surface area contributed by atoms with Crippen molar-refractivity contribution in [1.29, 1.82) is 0 Å². The second kappa shape index (κ2) is 6.56. The number of methoxy groups -OCH3 is 1. The predicted molar refractivity (Wildman–Crippen MR) is 86.2 cm³/mol. The fourth-order valence-electron chi connectivity index (χ4n) is 2.66. The second-order valence-electron chi connectivity index (χ2n) is 6.08. The molecule has 0 bridgehead atoms. The first-order valence-corrected chi connectivity index (χ1v) is 7.88. The van der Waals surface area contributed by atoms with Crippen molar-refractivity contribution in [2.45, 2.75) is 39.3 Å². The number of carbonyl (C=O) groups is 1. The van der Waals surface area contributed by atoms with Crippen LogP contribution >= 0.6 is 0 Å². The lowest BCUT2D eigenvalue weighted by Gasteiger charge is -2.25. The van der Waals surface area contributed by atoms with Crippen LogP contribution in [0, 0.1) is 0 Å². The van der Waals surface area contributed by atoms with Crippen LogP contribution in [-0.4, -0.2) is 39.4 Å². The summed E-state index contributed by atoms with van der Waals surface area (Å²) in [7, 11) is 1.59. The maximum absolute atomic E-state index is 12.8. The van der Waals surface area contributed by atoms with Crippen LogP contribution in [0.2, 0.25) is 0 Å². The van der Waals surface area contributed by atoms with Crippen molar-refractivity contribution >= 4 is 11.9 Å². The third-order valence-electron chi connectivity index (χ3n) is 3.90. The van der Waals surface area contributed by atoms with E-state index in [1.807, 2.05) is 13.8 Å². The quantitative estimate of drug-likeness (QED) is 0.904. The Morgan fingerprint density at radius 1 is 1.42 bits per heavy atom. The van der Waals surface area contributed by atoms with Gasteiger partial charge in [0.2, 0.25) is 11.8 Å². The number of nitrogens with zero attached hydrogens (tertiary/aromatic N) is 4. The fraction of sp³-hybridized carbons (Fsp3) is 0.500. The maximum Gasteiger partial charge on any atom is 0.273 e. The first kappa shape index (κ1) is 16.4. The number of fused-ring (bicyclic) bond motifs is 1. The molecule has 0 atom stereocenters. The van der Waals surface area contributed by atoms with Crippen molar-refractivity contribution in [2.24, 2.45) is 0 Å². The molecule has 0 saturated heterocycles. The van der Waals surface area contributed by atoms with Crippen molar-refractivity contribution in [3.8, 4) is 0 Å². The minimum Gasteiger partial charge on any atom is -0.443 e. The van der Waals surface area contributed by atoms with Gasteiger partial charge in [0.15, 0.2) is 0 Å². The summed E-state index contributed by atoms with van der Waals surface area (Å²) >= 11 is 0. The molecule has 3 rings (SSSR count). The molecule has 0 spiro atoms. The van der Waals surface area contributed by atoms with Crippen LogP contribution in [0.15, 0.2) is 10.5 Å². The SMILES string of the molecule is COCc1nc2c(o1)CCN(C(=O)c1cc(C(C)C)nc(N)n1)C2. The molecule has 8 nitrogen and oxygen atoms in total. The molecule has 0 aromatic carbocycles. The van der Waals surface area contributed by atoms with Gasteiger partial charge in [-0.2, -0.15) is 0 Å². The summed E-state index contributed by atoms with van der Waals surface area (Å²) in [5, 5.41) is 0.